The van der Waals surface area contributed by atoms with E-state index in [-0.39, 0.29) is 16.3 Å². The molecule has 0 aromatic heterocycles. The predicted molar refractivity (Wildman–Crippen MR) is 65.2 cm³/mol. The summed E-state index contributed by atoms with van der Waals surface area (Å²) in [6.45, 7) is 0. The number of hydrogen-bond donors (Lipinski definition) is 0. The molecule has 0 fully saturated rings. The number of likely N-dealkylation sites (N-methyl/N-ethyl adjacent to an activating group) is 1. The number of nitro benzene ring substituents is 1. The first-order valence-corrected chi connectivity index (χ1v) is 5.31. The van der Waals surface area contributed by atoms with E-state index in [4.69, 9.17) is 16.9 Å². The van der Waals surface area contributed by atoms with E-state index in [1.54, 1.807) is 6.07 Å². The first-order chi connectivity index (χ1) is 8.38. The molecule has 0 spiro atoms. The summed E-state index contributed by atoms with van der Waals surface area (Å²) in [5, 5.41) is 20.1. The van der Waals surface area contributed by atoms with Crippen LogP contribution in [-0.4, -0.2) is 29.8 Å². The SMILES string of the molecule is CN(C)C(=O)C(C#N)c1cc(Cl)ccc1[N+](=O)[O-]. The summed E-state index contributed by atoms with van der Waals surface area (Å²) in [5.41, 5.74) is -0.283. The van der Waals surface area contributed by atoms with Crippen LogP contribution in [0.3, 0.4) is 0 Å². The van der Waals surface area contributed by atoms with E-state index in [0.717, 1.165) is 0 Å². The molecule has 0 saturated carbocycles. The highest BCUT2D eigenvalue weighted by molar-refractivity contribution is 6.30. The number of carbonyl (C=O) groups is 1. The second kappa shape index (κ2) is 5.47. The van der Waals surface area contributed by atoms with Gasteiger partial charge in [-0.3, -0.25) is 14.9 Å². The fraction of sp³-hybridized carbons (Fsp3) is 0.273. The monoisotopic (exact) mass is 267 g/mol. The van der Waals surface area contributed by atoms with E-state index < -0.39 is 16.7 Å². The zero-order valence-electron chi connectivity index (χ0n) is 9.75. The van der Waals surface area contributed by atoms with E-state index in [2.05, 4.69) is 0 Å². The Kier molecular flexibility index (Phi) is 4.23. The third-order valence-electron chi connectivity index (χ3n) is 2.31. The molecule has 1 amide bonds. The van der Waals surface area contributed by atoms with Gasteiger partial charge in [-0.2, -0.15) is 5.26 Å². The van der Waals surface area contributed by atoms with Crippen molar-refractivity contribution in [2.75, 3.05) is 14.1 Å². The fourth-order valence-corrected chi connectivity index (χ4v) is 1.62. The van der Waals surface area contributed by atoms with Gasteiger partial charge in [0.05, 0.1) is 16.6 Å². The largest absolute Gasteiger partial charge is 0.347 e. The lowest BCUT2D eigenvalue weighted by molar-refractivity contribution is -0.385. The van der Waals surface area contributed by atoms with Gasteiger partial charge in [-0.25, -0.2) is 0 Å². The number of hydrogen-bond acceptors (Lipinski definition) is 4. The number of nitriles is 1. The molecule has 0 aliphatic heterocycles. The van der Waals surface area contributed by atoms with Gasteiger partial charge in [0.2, 0.25) is 5.91 Å². The molecule has 0 heterocycles. The summed E-state index contributed by atoms with van der Waals surface area (Å²) in [6, 6.07) is 5.57. The molecule has 1 aromatic carbocycles. The third kappa shape index (κ3) is 2.76. The third-order valence-corrected chi connectivity index (χ3v) is 2.55. The van der Waals surface area contributed by atoms with Crippen molar-refractivity contribution in [1.29, 1.82) is 5.26 Å². The summed E-state index contributed by atoms with van der Waals surface area (Å²) < 4.78 is 0. The Morgan fingerprint density at radius 1 is 1.56 bits per heavy atom. The average molecular weight is 268 g/mol. The van der Waals surface area contributed by atoms with Crippen LogP contribution >= 0.6 is 11.6 Å². The quantitative estimate of drug-likeness (QED) is 0.618. The topological polar surface area (TPSA) is 87.2 Å². The number of nitrogens with zero attached hydrogens (tertiary/aromatic N) is 3. The minimum absolute atomic E-state index is 0.00806. The van der Waals surface area contributed by atoms with Gasteiger partial charge < -0.3 is 4.90 Å². The second-order valence-electron chi connectivity index (χ2n) is 3.76. The van der Waals surface area contributed by atoms with E-state index in [1.165, 1.54) is 37.2 Å². The smallest absolute Gasteiger partial charge is 0.274 e. The van der Waals surface area contributed by atoms with Crippen molar-refractivity contribution < 1.29 is 9.72 Å². The van der Waals surface area contributed by atoms with Gasteiger partial charge in [-0.15, -0.1) is 0 Å². The van der Waals surface area contributed by atoms with Gasteiger partial charge in [0.1, 0.15) is 0 Å². The number of benzene rings is 1. The standard InChI is InChI=1S/C11H10ClN3O3/c1-14(2)11(16)9(6-13)8-5-7(12)3-4-10(8)15(17)18/h3-5,9H,1-2H3. The molecule has 0 bridgehead atoms. The fourth-order valence-electron chi connectivity index (χ4n) is 1.44. The Bertz CT molecular complexity index is 537. The molecule has 1 rings (SSSR count). The van der Waals surface area contributed by atoms with Crippen LogP contribution in [0.5, 0.6) is 0 Å². The van der Waals surface area contributed by atoms with Gasteiger partial charge in [-0.1, -0.05) is 11.6 Å². The minimum Gasteiger partial charge on any atom is -0.347 e. The average Bonchev–Trinajstić information content (AvgIpc) is 2.29. The number of halogens is 1. The van der Waals surface area contributed by atoms with Gasteiger partial charge >= 0.3 is 0 Å². The normalized spacial score (nSPS) is 11.4. The van der Waals surface area contributed by atoms with Crippen LogP contribution in [0.15, 0.2) is 18.2 Å². The van der Waals surface area contributed by atoms with Gasteiger partial charge in [0.15, 0.2) is 5.92 Å². The van der Waals surface area contributed by atoms with Crippen molar-refractivity contribution in [3.63, 3.8) is 0 Å². The maximum Gasteiger partial charge on any atom is 0.274 e. The van der Waals surface area contributed by atoms with Crippen LogP contribution in [-0.2, 0) is 4.79 Å². The van der Waals surface area contributed by atoms with E-state index in [9.17, 15) is 14.9 Å². The molecule has 1 unspecified atom stereocenters. The van der Waals surface area contributed by atoms with Crippen molar-refractivity contribution in [1.82, 2.24) is 4.90 Å². The van der Waals surface area contributed by atoms with E-state index >= 15 is 0 Å². The maximum atomic E-state index is 11.8. The minimum atomic E-state index is -1.24. The first kappa shape index (κ1) is 13.9. The number of nitro groups is 1. The second-order valence-corrected chi connectivity index (χ2v) is 4.19. The lowest BCUT2D eigenvalue weighted by Crippen LogP contribution is -2.27. The first-order valence-electron chi connectivity index (χ1n) is 4.93. The van der Waals surface area contributed by atoms with Crippen molar-refractivity contribution >= 4 is 23.2 Å². The molecule has 6 nitrogen and oxygen atoms in total. The highest BCUT2D eigenvalue weighted by Crippen LogP contribution is 2.30. The molecule has 0 radical (unpaired) electrons. The van der Waals surface area contributed by atoms with Crippen LogP contribution < -0.4 is 0 Å². The van der Waals surface area contributed by atoms with Gasteiger partial charge in [0.25, 0.3) is 5.69 Å². The molecule has 0 aliphatic rings. The molecular weight excluding hydrogens is 258 g/mol. The van der Waals surface area contributed by atoms with Crippen molar-refractivity contribution in [3.8, 4) is 6.07 Å². The summed E-state index contributed by atoms with van der Waals surface area (Å²) in [7, 11) is 2.95. The predicted octanol–water partition coefficient (Wildman–Crippen LogP) is 1.94. The summed E-state index contributed by atoms with van der Waals surface area (Å²) in [4.78, 5) is 23.2. The highest BCUT2D eigenvalue weighted by atomic mass is 35.5. The van der Waals surface area contributed by atoms with Crippen molar-refractivity contribution in [2.45, 2.75) is 5.92 Å². The molecule has 7 heteroatoms. The van der Waals surface area contributed by atoms with Crippen molar-refractivity contribution in [3.05, 3.63) is 38.9 Å². The highest BCUT2D eigenvalue weighted by Gasteiger charge is 2.29. The Hall–Kier alpha value is -2.13. The molecule has 1 aromatic rings. The Labute approximate surface area is 109 Å². The van der Waals surface area contributed by atoms with Gasteiger partial charge in [0, 0.05) is 25.2 Å². The molecule has 18 heavy (non-hydrogen) atoms. The number of amides is 1. The molecule has 0 N–H and O–H groups in total. The van der Waals surface area contributed by atoms with E-state index in [0.29, 0.717) is 0 Å². The molecule has 0 aliphatic carbocycles. The van der Waals surface area contributed by atoms with Crippen LogP contribution in [0.2, 0.25) is 5.02 Å². The molecule has 0 saturated heterocycles. The zero-order valence-corrected chi connectivity index (χ0v) is 10.5. The summed E-state index contributed by atoms with van der Waals surface area (Å²) >= 11 is 5.75. The van der Waals surface area contributed by atoms with Crippen LogP contribution in [0.1, 0.15) is 11.5 Å². The number of rotatable bonds is 3. The maximum absolute atomic E-state index is 11.8. The van der Waals surface area contributed by atoms with Crippen molar-refractivity contribution in [2.24, 2.45) is 0 Å². The van der Waals surface area contributed by atoms with Gasteiger partial charge in [-0.05, 0) is 12.1 Å². The van der Waals surface area contributed by atoms with E-state index in [1.807, 2.05) is 0 Å². The lowest BCUT2D eigenvalue weighted by Gasteiger charge is -2.15. The molecular formula is C11H10ClN3O3. The lowest BCUT2D eigenvalue weighted by atomic mass is 9.97. The Morgan fingerprint density at radius 2 is 2.17 bits per heavy atom. The Balaban J connectivity index is 3.37. The van der Waals surface area contributed by atoms with Crippen LogP contribution in [0.25, 0.3) is 0 Å². The molecule has 1 atom stereocenters. The number of carbonyl (C=O) groups excluding carboxylic acids is 1. The zero-order chi connectivity index (χ0) is 13.9. The summed E-state index contributed by atoms with van der Waals surface area (Å²) in [5.74, 6) is -1.76. The Morgan fingerprint density at radius 3 is 2.61 bits per heavy atom. The molecule has 94 valence electrons. The van der Waals surface area contributed by atoms with Crippen LogP contribution in [0, 0.1) is 21.4 Å². The van der Waals surface area contributed by atoms with Crippen LogP contribution in [0.4, 0.5) is 5.69 Å². The summed E-state index contributed by atoms with van der Waals surface area (Å²) in [6.07, 6.45) is 0.